The molecule has 10 nitrogen and oxygen atoms in total. The molecular formula is C23H28N6O4S. The quantitative estimate of drug-likeness (QED) is 0.551. The van der Waals surface area contributed by atoms with Gasteiger partial charge in [-0.3, -0.25) is 4.98 Å². The third-order valence-corrected chi connectivity index (χ3v) is 7.32. The van der Waals surface area contributed by atoms with Crippen LogP contribution in [0.25, 0.3) is 22.3 Å². The number of morpholine rings is 1. The Bertz CT molecular complexity index is 1250. The Balaban J connectivity index is 1.37. The molecule has 1 atom stereocenters. The van der Waals surface area contributed by atoms with E-state index in [2.05, 4.69) is 44.5 Å². The van der Waals surface area contributed by atoms with Crippen molar-refractivity contribution in [2.24, 2.45) is 0 Å². The fraction of sp³-hybridized carbons (Fsp3) is 0.435. The van der Waals surface area contributed by atoms with Crippen molar-refractivity contribution in [1.29, 1.82) is 0 Å². The summed E-state index contributed by atoms with van der Waals surface area (Å²) in [5, 5.41) is 3.37. The number of pyridine rings is 1. The SMILES string of the molecule is CS(=O)(=O)N1CCO[C@H](COc2nc(-c3ccc(N4CCNCC4)cc3)cc3nccnc23)C1. The highest BCUT2D eigenvalue weighted by Gasteiger charge is 2.27. The van der Waals surface area contributed by atoms with Gasteiger partial charge in [-0.2, -0.15) is 4.31 Å². The first kappa shape index (κ1) is 22.9. The minimum Gasteiger partial charge on any atom is -0.473 e. The second kappa shape index (κ2) is 9.79. The van der Waals surface area contributed by atoms with E-state index >= 15 is 0 Å². The highest BCUT2D eigenvalue weighted by atomic mass is 32.2. The lowest BCUT2D eigenvalue weighted by Gasteiger charge is -2.30. The van der Waals surface area contributed by atoms with Gasteiger partial charge in [0, 0.05) is 62.9 Å². The van der Waals surface area contributed by atoms with Crippen molar-refractivity contribution < 1.29 is 17.9 Å². The van der Waals surface area contributed by atoms with E-state index in [0.29, 0.717) is 30.1 Å². The average Bonchev–Trinajstić information content (AvgIpc) is 2.87. The first-order chi connectivity index (χ1) is 16.5. The zero-order valence-corrected chi connectivity index (χ0v) is 19.9. The fourth-order valence-electron chi connectivity index (χ4n) is 4.22. The van der Waals surface area contributed by atoms with Crippen LogP contribution in [0.3, 0.4) is 0 Å². The molecule has 0 radical (unpaired) electrons. The van der Waals surface area contributed by atoms with Crippen LogP contribution in [-0.2, 0) is 14.8 Å². The molecule has 0 bridgehead atoms. The van der Waals surface area contributed by atoms with Crippen LogP contribution < -0.4 is 15.0 Å². The smallest absolute Gasteiger partial charge is 0.242 e. The molecule has 2 aliphatic rings. The number of benzene rings is 1. The average molecular weight is 485 g/mol. The lowest BCUT2D eigenvalue weighted by molar-refractivity contribution is -0.0252. The number of anilines is 1. The molecular weight excluding hydrogens is 456 g/mol. The summed E-state index contributed by atoms with van der Waals surface area (Å²) >= 11 is 0. The third-order valence-electron chi connectivity index (χ3n) is 6.05. The number of rotatable bonds is 6. The molecule has 4 heterocycles. The molecule has 3 aromatic rings. The molecule has 0 amide bonds. The van der Waals surface area contributed by atoms with Gasteiger partial charge >= 0.3 is 0 Å². The van der Waals surface area contributed by atoms with E-state index in [4.69, 9.17) is 14.5 Å². The van der Waals surface area contributed by atoms with Gasteiger partial charge in [-0.25, -0.2) is 18.4 Å². The largest absolute Gasteiger partial charge is 0.473 e. The van der Waals surface area contributed by atoms with Gasteiger partial charge in [-0.05, 0) is 18.2 Å². The van der Waals surface area contributed by atoms with Crippen molar-refractivity contribution >= 4 is 26.7 Å². The van der Waals surface area contributed by atoms with Crippen molar-refractivity contribution in [3.63, 3.8) is 0 Å². The Labute approximate surface area is 199 Å². The van der Waals surface area contributed by atoms with E-state index in [9.17, 15) is 8.42 Å². The standard InChI is InChI=1S/C23H28N6O4S/c1-34(30,31)29-12-13-32-19(15-29)16-33-23-22-21(25-6-7-26-22)14-20(27-23)17-2-4-18(5-3-17)28-10-8-24-9-11-28/h2-7,14,19,24H,8-13,15-16H2,1H3/t19-/m0/s1. The van der Waals surface area contributed by atoms with E-state index in [-0.39, 0.29) is 19.3 Å². The van der Waals surface area contributed by atoms with Gasteiger partial charge in [0.25, 0.3) is 0 Å². The molecule has 180 valence electrons. The number of nitrogens with one attached hydrogen (secondary N) is 1. The van der Waals surface area contributed by atoms with Crippen LogP contribution in [-0.4, -0.2) is 92.5 Å². The second-order valence-corrected chi connectivity index (χ2v) is 10.4. The number of nitrogens with zero attached hydrogens (tertiary/aromatic N) is 5. The van der Waals surface area contributed by atoms with Gasteiger partial charge in [0.15, 0.2) is 5.52 Å². The summed E-state index contributed by atoms with van der Waals surface area (Å²) in [5.41, 5.74) is 4.10. The maximum absolute atomic E-state index is 11.9. The number of hydrogen-bond donors (Lipinski definition) is 1. The van der Waals surface area contributed by atoms with Crippen LogP contribution in [0.15, 0.2) is 42.7 Å². The number of sulfonamides is 1. The number of hydrogen-bond acceptors (Lipinski definition) is 9. The molecule has 2 aromatic heterocycles. The van der Waals surface area contributed by atoms with Crippen LogP contribution in [0.5, 0.6) is 5.88 Å². The van der Waals surface area contributed by atoms with Crippen molar-refractivity contribution in [2.45, 2.75) is 6.10 Å². The van der Waals surface area contributed by atoms with E-state index in [0.717, 1.165) is 37.4 Å². The predicted octanol–water partition coefficient (Wildman–Crippen LogP) is 1.14. The maximum atomic E-state index is 11.9. The summed E-state index contributed by atoms with van der Waals surface area (Å²) in [6.45, 7) is 5.03. The minimum atomic E-state index is -3.28. The van der Waals surface area contributed by atoms with Crippen molar-refractivity contribution in [3.05, 3.63) is 42.7 Å². The molecule has 1 aromatic carbocycles. The summed E-state index contributed by atoms with van der Waals surface area (Å²) in [4.78, 5) is 15.9. The van der Waals surface area contributed by atoms with Gasteiger partial charge in [-0.15, -0.1) is 0 Å². The Morgan fingerprint density at radius 2 is 1.88 bits per heavy atom. The molecule has 0 saturated carbocycles. The predicted molar refractivity (Wildman–Crippen MR) is 130 cm³/mol. The lowest BCUT2D eigenvalue weighted by Crippen LogP contribution is -2.47. The molecule has 2 aliphatic heterocycles. The Hall–Kier alpha value is -2.86. The molecule has 0 unspecified atom stereocenters. The van der Waals surface area contributed by atoms with Crippen molar-refractivity contribution in [2.75, 3.05) is 63.6 Å². The molecule has 0 spiro atoms. The minimum absolute atomic E-state index is 0.163. The highest BCUT2D eigenvalue weighted by Crippen LogP contribution is 2.28. The molecule has 0 aliphatic carbocycles. The molecule has 11 heteroatoms. The van der Waals surface area contributed by atoms with Crippen LogP contribution in [0.2, 0.25) is 0 Å². The summed E-state index contributed by atoms with van der Waals surface area (Å²) < 4.78 is 37.0. The molecule has 2 saturated heterocycles. The number of piperazine rings is 1. The third kappa shape index (κ3) is 5.12. The van der Waals surface area contributed by atoms with Gasteiger partial charge < -0.3 is 19.7 Å². The van der Waals surface area contributed by atoms with Crippen molar-refractivity contribution in [1.82, 2.24) is 24.6 Å². The molecule has 34 heavy (non-hydrogen) atoms. The van der Waals surface area contributed by atoms with Crippen LogP contribution in [0.1, 0.15) is 0 Å². The van der Waals surface area contributed by atoms with Gasteiger partial charge in [0.2, 0.25) is 15.9 Å². The van der Waals surface area contributed by atoms with E-state index in [1.165, 1.54) is 16.2 Å². The fourth-order valence-corrected chi connectivity index (χ4v) is 5.07. The first-order valence-corrected chi connectivity index (χ1v) is 13.2. The monoisotopic (exact) mass is 484 g/mol. The summed E-state index contributed by atoms with van der Waals surface area (Å²) in [6, 6.07) is 10.2. The second-order valence-electron chi connectivity index (χ2n) is 8.45. The Morgan fingerprint density at radius 1 is 1.12 bits per heavy atom. The normalized spacial score (nSPS) is 19.9. The topological polar surface area (TPSA) is 110 Å². The maximum Gasteiger partial charge on any atom is 0.242 e. The van der Waals surface area contributed by atoms with Gasteiger partial charge in [-0.1, -0.05) is 12.1 Å². The molecule has 1 N–H and O–H groups in total. The first-order valence-electron chi connectivity index (χ1n) is 11.3. The lowest BCUT2D eigenvalue weighted by atomic mass is 10.1. The molecule has 2 fully saturated rings. The van der Waals surface area contributed by atoms with Gasteiger partial charge in [0.1, 0.15) is 12.7 Å². The van der Waals surface area contributed by atoms with Crippen LogP contribution in [0.4, 0.5) is 5.69 Å². The van der Waals surface area contributed by atoms with Crippen LogP contribution >= 0.6 is 0 Å². The summed E-state index contributed by atoms with van der Waals surface area (Å²) in [6.07, 6.45) is 4.05. The highest BCUT2D eigenvalue weighted by molar-refractivity contribution is 7.88. The zero-order valence-electron chi connectivity index (χ0n) is 19.1. The Kier molecular flexibility index (Phi) is 6.59. The molecule has 5 rings (SSSR count). The number of aromatic nitrogens is 3. The Morgan fingerprint density at radius 3 is 2.65 bits per heavy atom. The number of ether oxygens (including phenoxy) is 2. The number of fused-ring (bicyclic) bond motifs is 1. The summed E-state index contributed by atoms with van der Waals surface area (Å²) in [7, 11) is -3.28. The van der Waals surface area contributed by atoms with E-state index < -0.39 is 10.0 Å². The van der Waals surface area contributed by atoms with Crippen LogP contribution in [0, 0.1) is 0 Å². The van der Waals surface area contributed by atoms with Crippen molar-refractivity contribution in [3.8, 4) is 17.1 Å². The summed E-state index contributed by atoms with van der Waals surface area (Å²) in [5.74, 6) is 0.354. The van der Waals surface area contributed by atoms with Gasteiger partial charge in [0.05, 0.1) is 24.1 Å². The zero-order chi connectivity index (χ0) is 23.5. The van der Waals surface area contributed by atoms with E-state index in [1.54, 1.807) is 12.4 Å². The van der Waals surface area contributed by atoms with E-state index in [1.807, 2.05) is 6.07 Å².